The summed E-state index contributed by atoms with van der Waals surface area (Å²) in [7, 11) is 3.81. The van der Waals surface area contributed by atoms with Gasteiger partial charge < -0.3 is 20.0 Å². The number of anilines is 5. The molecule has 1 aliphatic heterocycles. The molecule has 2 aromatic rings. The highest BCUT2D eigenvalue weighted by Crippen LogP contribution is 2.34. The Morgan fingerprint density at radius 1 is 1.19 bits per heavy atom. The highest BCUT2D eigenvalue weighted by Gasteiger charge is 2.33. The largest absolute Gasteiger partial charge is 0.376 e. The SMILES string of the molecule is CCCCN(C(=O)C=O)c1cc(Nc2nc(N3CC(C)C(F)C(C)C3)ncc2CC)ccc1N(C)C. The summed E-state index contributed by atoms with van der Waals surface area (Å²) in [5, 5.41) is 3.41. The van der Waals surface area contributed by atoms with Crippen LogP contribution in [0, 0.1) is 11.8 Å². The third-order valence-corrected chi connectivity index (χ3v) is 6.73. The molecule has 0 spiro atoms. The number of nitrogens with one attached hydrogen (secondary N) is 1. The van der Waals surface area contributed by atoms with Crippen molar-refractivity contribution >= 4 is 41.0 Å². The first-order valence-electron chi connectivity index (χ1n) is 12.8. The lowest BCUT2D eigenvalue weighted by Crippen LogP contribution is -2.46. The number of alkyl halides is 1. The molecule has 8 nitrogen and oxygen atoms in total. The molecular formula is C27H39FN6O2. The molecule has 196 valence electrons. The Morgan fingerprint density at radius 3 is 2.47 bits per heavy atom. The van der Waals surface area contributed by atoms with Gasteiger partial charge in [-0.1, -0.05) is 34.1 Å². The van der Waals surface area contributed by atoms with E-state index in [0.29, 0.717) is 43.4 Å². The third kappa shape index (κ3) is 6.12. The Kier molecular flexibility index (Phi) is 9.23. The molecule has 0 aliphatic carbocycles. The maximum Gasteiger partial charge on any atom is 0.291 e. The van der Waals surface area contributed by atoms with Gasteiger partial charge in [-0.15, -0.1) is 0 Å². The van der Waals surface area contributed by atoms with E-state index in [-0.39, 0.29) is 11.8 Å². The molecule has 1 aromatic carbocycles. The van der Waals surface area contributed by atoms with Gasteiger partial charge in [0.05, 0.1) is 11.4 Å². The second-order valence-corrected chi connectivity index (χ2v) is 9.89. The molecule has 1 aliphatic rings. The fraction of sp³-hybridized carbons (Fsp3) is 0.556. The van der Waals surface area contributed by atoms with Crippen molar-refractivity contribution in [3.05, 3.63) is 30.0 Å². The zero-order chi connectivity index (χ0) is 26.4. The first-order valence-corrected chi connectivity index (χ1v) is 12.8. The van der Waals surface area contributed by atoms with Gasteiger partial charge in [0.2, 0.25) is 12.2 Å². The Hall–Kier alpha value is -3.23. The smallest absolute Gasteiger partial charge is 0.291 e. The van der Waals surface area contributed by atoms with Crippen LogP contribution < -0.4 is 20.0 Å². The normalized spacial score (nSPS) is 19.6. The van der Waals surface area contributed by atoms with Crippen molar-refractivity contribution in [3.8, 4) is 0 Å². The quantitative estimate of drug-likeness (QED) is 0.378. The Morgan fingerprint density at radius 2 is 1.89 bits per heavy atom. The number of amides is 1. The van der Waals surface area contributed by atoms with Crippen molar-refractivity contribution in [2.75, 3.05) is 53.7 Å². The molecule has 1 N–H and O–H groups in total. The van der Waals surface area contributed by atoms with Crippen LogP contribution in [0.1, 0.15) is 46.1 Å². The highest BCUT2D eigenvalue weighted by atomic mass is 19.1. The first-order chi connectivity index (χ1) is 17.2. The number of nitrogens with zero attached hydrogens (tertiary/aromatic N) is 5. The van der Waals surface area contributed by atoms with E-state index in [0.717, 1.165) is 36.2 Å². The zero-order valence-corrected chi connectivity index (χ0v) is 22.3. The Labute approximate surface area is 213 Å². The molecule has 1 amide bonds. The number of aryl methyl sites for hydroxylation is 1. The van der Waals surface area contributed by atoms with Crippen molar-refractivity contribution < 1.29 is 14.0 Å². The lowest BCUT2D eigenvalue weighted by molar-refractivity contribution is -0.129. The summed E-state index contributed by atoms with van der Waals surface area (Å²) in [6, 6.07) is 5.74. The van der Waals surface area contributed by atoms with Gasteiger partial charge >= 0.3 is 0 Å². The van der Waals surface area contributed by atoms with Crippen LogP contribution in [0.5, 0.6) is 0 Å². The van der Waals surface area contributed by atoms with E-state index in [1.54, 1.807) is 0 Å². The minimum absolute atomic E-state index is 0.0924. The number of aldehydes is 1. The summed E-state index contributed by atoms with van der Waals surface area (Å²) in [6.45, 7) is 9.52. The van der Waals surface area contributed by atoms with Crippen molar-refractivity contribution in [1.82, 2.24) is 9.97 Å². The standard InChI is InChI=1S/C27H39FN6O2/c1-7-9-12-34(24(36)17-35)23-13-21(10-11-22(23)32(5)6)30-26-20(8-2)14-29-27(31-26)33-15-18(3)25(28)19(4)16-33/h10-11,13-14,17-19,25H,7-9,12,15-16H2,1-6H3,(H,29,30,31). The number of hydrogen-bond donors (Lipinski definition) is 1. The predicted octanol–water partition coefficient (Wildman–Crippen LogP) is 4.61. The van der Waals surface area contributed by atoms with Gasteiger partial charge in [-0.3, -0.25) is 9.59 Å². The van der Waals surface area contributed by atoms with Crippen LogP contribution in [0.4, 0.5) is 33.2 Å². The molecule has 1 aromatic heterocycles. The molecule has 2 heterocycles. The van der Waals surface area contributed by atoms with Crippen LogP contribution in [0.25, 0.3) is 0 Å². The highest BCUT2D eigenvalue weighted by molar-refractivity contribution is 6.31. The molecule has 2 atom stereocenters. The van der Waals surface area contributed by atoms with Gasteiger partial charge in [0.25, 0.3) is 5.91 Å². The van der Waals surface area contributed by atoms with Gasteiger partial charge in [0.1, 0.15) is 12.0 Å². The third-order valence-electron chi connectivity index (χ3n) is 6.73. The number of unbranched alkanes of at least 4 members (excludes halogenated alkanes) is 1. The molecule has 0 saturated carbocycles. The number of aromatic nitrogens is 2. The number of hydrogen-bond acceptors (Lipinski definition) is 7. The van der Waals surface area contributed by atoms with Gasteiger partial charge in [0, 0.05) is 63.0 Å². The number of carbonyl (C=O) groups excluding carboxylic acids is 2. The van der Waals surface area contributed by atoms with E-state index in [9.17, 15) is 14.0 Å². The number of piperidine rings is 1. The van der Waals surface area contributed by atoms with Crippen LogP contribution in [0.2, 0.25) is 0 Å². The van der Waals surface area contributed by atoms with Crippen LogP contribution in [0.3, 0.4) is 0 Å². The summed E-state index contributed by atoms with van der Waals surface area (Å²) in [5.41, 5.74) is 3.20. The molecule has 0 bridgehead atoms. The van der Waals surface area contributed by atoms with E-state index in [1.165, 1.54) is 4.90 Å². The summed E-state index contributed by atoms with van der Waals surface area (Å²) < 4.78 is 14.4. The van der Waals surface area contributed by atoms with Crippen LogP contribution >= 0.6 is 0 Å². The van der Waals surface area contributed by atoms with Gasteiger partial charge in [-0.25, -0.2) is 9.37 Å². The lowest BCUT2D eigenvalue weighted by atomic mass is 9.90. The number of halogens is 1. The summed E-state index contributed by atoms with van der Waals surface area (Å²) >= 11 is 0. The summed E-state index contributed by atoms with van der Waals surface area (Å²) in [5.74, 6) is 0.499. The van der Waals surface area contributed by atoms with Crippen molar-refractivity contribution in [2.45, 2.75) is 53.1 Å². The van der Waals surface area contributed by atoms with E-state index < -0.39 is 12.1 Å². The summed E-state index contributed by atoms with van der Waals surface area (Å²) in [4.78, 5) is 38.8. The van der Waals surface area contributed by atoms with Crippen molar-refractivity contribution in [2.24, 2.45) is 11.8 Å². The molecule has 2 unspecified atom stereocenters. The number of carbonyl (C=O) groups is 2. The second kappa shape index (κ2) is 12.1. The van der Waals surface area contributed by atoms with Crippen LogP contribution in [-0.4, -0.2) is 62.1 Å². The Bertz CT molecular complexity index is 1050. The monoisotopic (exact) mass is 498 g/mol. The van der Waals surface area contributed by atoms with Crippen LogP contribution in [-0.2, 0) is 16.0 Å². The van der Waals surface area contributed by atoms with Gasteiger partial charge in [-0.05, 0) is 31.0 Å². The van der Waals surface area contributed by atoms with Gasteiger partial charge in [0.15, 0.2) is 0 Å². The first kappa shape index (κ1) is 27.4. The lowest BCUT2D eigenvalue weighted by Gasteiger charge is -2.37. The van der Waals surface area contributed by atoms with E-state index >= 15 is 0 Å². The number of benzene rings is 1. The van der Waals surface area contributed by atoms with E-state index in [4.69, 9.17) is 4.98 Å². The average molecular weight is 499 g/mol. The average Bonchev–Trinajstić information content (AvgIpc) is 2.86. The minimum atomic E-state index is -0.827. The maximum atomic E-state index is 14.4. The van der Waals surface area contributed by atoms with Gasteiger partial charge in [-0.2, -0.15) is 4.98 Å². The molecule has 9 heteroatoms. The number of rotatable bonds is 10. The van der Waals surface area contributed by atoms with E-state index in [2.05, 4.69) is 10.3 Å². The molecular weight excluding hydrogens is 459 g/mol. The molecule has 1 saturated heterocycles. The maximum absolute atomic E-state index is 14.4. The topological polar surface area (TPSA) is 81.7 Å². The predicted molar refractivity (Wildman–Crippen MR) is 144 cm³/mol. The molecule has 3 rings (SSSR count). The van der Waals surface area contributed by atoms with Crippen LogP contribution in [0.15, 0.2) is 24.4 Å². The van der Waals surface area contributed by atoms with Crippen molar-refractivity contribution in [1.29, 1.82) is 0 Å². The van der Waals surface area contributed by atoms with Crippen molar-refractivity contribution in [3.63, 3.8) is 0 Å². The fourth-order valence-corrected chi connectivity index (χ4v) is 4.67. The van der Waals surface area contributed by atoms with E-state index in [1.807, 2.05) is 76.0 Å². The minimum Gasteiger partial charge on any atom is -0.376 e. The fourth-order valence-electron chi connectivity index (χ4n) is 4.67. The Balaban J connectivity index is 1.97. The zero-order valence-electron chi connectivity index (χ0n) is 22.3. The second-order valence-electron chi connectivity index (χ2n) is 9.89. The molecule has 1 fully saturated rings. The molecule has 0 radical (unpaired) electrons. The summed E-state index contributed by atoms with van der Waals surface area (Å²) in [6.07, 6.45) is 3.78. The molecule has 36 heavy (non-hydrogen) atoms.